The number of hydrogen-bond acceptors (Lipinski definition) is 13. The number of benzene rings is 4. The van der Waals surface area contributed by atoms with Crippen LogP contribution in [0.4, 0.5) is 5.69 Å². The van der Waals surface area contributed by atoms with E-state index in [1.165, 1.54) is 14.2 Å². The molecule has 0 bridgehead atoms. The van der Waals surface area contributed by atoms with Crippen LogP contribution < -0.4 is 53.3 Å². The second-order valence-electron chi connectivity index (χ2n) is 12.2. The minimum absolute atomic E-state index is 0.205. The van der Waals surface area contributed by atoms with Crippen molar-refractivity contribution in [1.82, 2.24) is 10.5 Å². The number of anilines is 1. The Balaban J connectivity index is 1.08. The Morgan fingerprint density at radius 1 is 0.691 bits per heavy atom. The zero-order valence-corrected chi connectivity index (χ0v) is 31.7. The van der Waals surface area contributed by atoms with Gasteiger partial charge in [-0.1, -0.05) is 17.8 Å². The Kier molecular flexibility index (Phi) is 11.7. The number of nitrogens with zero attached hydrogens (tertiary/aromatic N) is 1. The van der Waals surface area contributed by atoms with E-state index in [1.54, 1.807) is 78.0 Å². The third kappa shape index (κ3) is 8.12. The summed E-state index contributed by atoms with van der Waals surface area (Å²) < 4.78 is 56.7. The van der Waals surface area contributed by atoms with Crippen LogP contribution in [0.25, 0.3) is 22.6 Å². The number of ether oxygens (including phenoxy) is 9. The standard InChI is InChI=1S/C41H43N3O11/c1-23(10-9-15-53-31-14-11-24(16-33(31)47-3)40-42-29-13-12-27(46-2)21-28(29)41(45)43-40)54-39-36(50-6)19-26(20-37(39)51-7)32-22-30(44-55-32)25-17-34(48-4)38(52-8)35(18-25)49-5/h11-14,16-22,40,42H,1,9-10,15H2,2-8H3,(H,43,45). The number of fused-ring (bicyclic) bond motifs is 1. The summed E-state index contributed by atoms with van der Waals surface area (Å²) in [4.78, 5) is 12.8. The minimum Gasteiger partial charge on any atom is -0.497 e. The van der Waals surface area contributed by atoms with Crippen LogP contribution in [0.1, 0.15) is 34.9 Å². The molecule has 4 aromatic carbocycles. The van der Waals surface area contributed by atoms with Crippen LogP contribution in [-0.4, -0.2) is 67.4 Å². The molecule has 1 aromatic heterocycles. The topological polar surface area (TPSA) is 150 Å². The summed E-state index contributed by atoms with van der Waals surface area (Å²) in [5, 5.41) is 10.6. The van der Waals surface area contributed by atoms with Crippen molar-refractivity contribution in [1.29, 1.82) is 0 Å². The number of methoxy groups -OCH3 is 7. The van der Waals surface area contributed by atoms with Crippen molar-refractivity contribution in [2.24, 2.45) is 0 Å². The first-order valence-corrected chi connectivity index (χ1v) is 17.2. The number of allylic oxidation sites excluding steroid dienone is 1. The Bertz CT molecular complexity index is 2130. The van der Waals surface area contributed by atoms with E-state index in [0.29, 0.717) is 111 Å². The lowest BCUT2D eigenvalue weighted by Crippen LogP contribution is -2.38. The number of hydrogen-bond donors (Lipinski definition) is 2. The van der Waals surface area contributed by atoms with Crippen molar-refractivity contribution in [2.75, 3.05) is 61.7 Å². The molecular weight excluding hydrogens is 710 g/mol. The normalized spacial score (nSPS) is 13.1. The van der Waals surface area contributed by atoms with Crippen LogP contribution in [-0.2, 0) is 0 Å². The van der Waals surface area contributed by atoms with Crippen LogP contribution in [0.3, 0.4) is 0 Å². The average molecular weight is 754 g/mol. The number of carbonyl (C=O) groups is 1. The molecule has 5 aromatic rings. The second kappa shape index (κ2) is 17.0. The van der Waals surface area contributed by atoms with Crippen LogP contribution in [0.2, 0.25) is 0 Å². The molecule has 1 atom stereocenters. The van der Waals surface area contributed by atoms with E-state index >= 15 is 0 Å². The molecule has 0 saturated heterocycles. The summed E-state index contributed by atoms with van der Waals surface area (Å²) in [6.07, 6.45) is 0.618. The number of amides is 1. The highest BCUT2D eigenvalue weighted by molar-refractivity contribution is 6.02. The van der Waals surface area contributed by atoms with Crippen molar-refractivity contribution >= 4 is 11.6 Å². The van der Waals surface area contributed by atoms with E-state index in [-0.39, 0.29) is 5.91 Å². The Morgan fingerprint density at radius 2 is 1.35 bits per heavy atom. The van der Waals surface area contributed by atoms with E-state index in [4.69, 9.17) is 47.2 Å². The highest BCUT2D eigenvalue weighted by atomic mass is 16.5. The van der Waals surface area contributed by atoms with E-state index in [0.717, 1.165) is 5.56 Å². The quantitative estimate of drug-likeness (QED) is 0.0707. The third-order valence-electron chi connectivity index (χ3n) is 8.89. The fourth-order valence-electron chi connectivity index (χ4n) is 6.06. The maximum atomic E-state index is 12.8. The zero-order chi connectivity index (χ0) is 39.1. The number of carbonyl (C=O) groups excluding carboxylic acids is 1. The molecule has 288 valence electrons. The van der Waals surface area contributed by atoms with E-state index in [2.05, 4.69) is 22.4 Å². The number of rotatable bonds is 17. The van der Waals surface area contributed by atoms with Crippen molar-refractivity contribution in [3.63, 3.8) is 0 Å². The minimum atomic E-state index is -0.457. The Labute approximate surface area is 318 Å². The SMILES string of the molecule is C=C(CCCOc1ccc(C2NC(=O)c3cc(OC)ccc3N2)cc1OC)Oc1c(OC)cc(-c2cc(-c3cc(OC)c(OC)c(OC)c3)no2)cc1OC. The van der Waals surface area contributed by atoms with Crippen LogP contribution in [0, 0.1) is 0 Å². The lowest BCUT2D eigenvalue weighted by molar-refractivity contribution is 0.0935. The van der Waals surface area contributed by atoms with E-state index in [9.17, 15) is 4.79 Å². The maximum Gasteiger partial charge on any atom is 0.255 e. The Morgan fingerprint density at radius 3 is 1.98 bits per heavy atom. The summed E-state index contributed by atoms with van der Waals surface area (Å²) in [7, 11) is 10.9. The molecule has 2 N–H and O–H groups in total. The van der Waals surface area contributed by atoms with E-state index < -0.39 is 6.17 Å². The fraction of sp³-hybridized carbons (Fsp3) is 0.268. The van der Waals surface area contributed by atoms with Gasteiger partial charge in [-0.25, -0.2) is 0 Å². The summed E-state index contributed by atoms with van der Waals surface area (Å²) in [5.74, 6) is 5.09. The molecular formula is C41H43N3O11. The van der Waals surface area contributed by atoms with Crippen molar-refractivity contribution in [3.8, 4) is 74.3 Å². The third-order valence-corrected chi connectivity index (χ3v) is 8.89. The lowest BCUT2D eigenvalue weighted by atomic mass is 10.0. The van der Waals surface area contributed by atoms with Crippen molar-refractivity contribution in [2.45, 2.75) is 19.0 Å². The predicted molar refractivity (Wildman–Crippen MR) is 204 cm³/mol. The lowest BCUT2D eigenvalue weighted by Gasteiger charge is -2.28. The average Bonchev–Trinajstić information content (AvgIpc) is 3.72. The van der Waals surface area contributed by atoms with Crippen molar-refractivity contribution in [3.05, 3.63) is 90.2 Å². The highest BCUT2D eigenvalue weighted by Crippen LogP contribution is 2.45. The van der Waals surface area contributed by atoms with Gasteiger partial charge in [-0.15, -0.1) is 0 Å². The van der Waals surface area contributed by atoms with Gasteiger partial charge in [-0.2, -0.15) is 0 Å². The van der Waals surface area contributed by atoms with Gasteiger partial charge in [-0.3, -0.25) is 4.79 Å². The molecule has 2 heterocycles. The monoisotopic (exact) mass is 753 g/mol. The van der Waals surface area contributed by atoms with Gasteiger partial charge in [0.25, 0.3) is 5.91 Å². The summed E-state index contributed by atoms with van der Waals surface area (Å²) in [6, 6.07) is 19.8. The highest BCUT2D eigenvalue weighted by Gasteiger charge is 2.26. The number of aromatic nitrogens is 1. The molecule has 14 heteroatoms. The molecule has 14 nitrogen and oxygen atoms in total. The molecule has 1 aliphatic heterocycles. The zero-order valence-electron chi connectivity index (χ0n) is 31.7. The molecule has 1 amide bonds. The summed E-state index contributed by atoms with van der Waals surface area (Å²) in [6.45, 7) is 4.47. The molecule has 1 unspecified atom stereocenters. The van der Waals surface area contributed by atoms with Crippen molar-refractivity contribution < 1.29 is 51.9 Å². The first kappa shape index (κ1) is 38.0. The van der Waals surface area contributed by atoms with Crippen LogP contribution >= 0.6 is 0 Å². The van der Waals surface area contributed by atoms with Gasteiger partial charge in [0, 0.05) is 29.3 Å². The number of nitrogens with one attached hydrogen (secondary N) is 2. The van der Waals surface area contributed by atoms with Gasteiger partial charge in [0.1, 0.15) is 17.6 Å². The van der Waals surface area contributed by atoms with Gasteiger partial charge in [-0.05, 0) is 66.6 Å². The van der Waals surface area contributed by atoms with Gasteiger partial charge < -0.3 is 57.8 Å². The summed E-state index contributed by atoms with van der Waals surface area (Å²) in [5.41, 5.74) is 3.94. The molecule has 6 rings (SSSR count). The summed E-state index contributed by atoms with van der Waals surface area (Å²) >= 11 is 0. The largest absolute Gasteiger partial charge is 0.497 e. The fourth-order valence-corrected chi connectivity index (χ4v) is 6.06. The molecule has 55 heavy (non-hydrogen) atoms. The molecule has 1 aliphatic rings. The first-order valence-electron chi connectivity index (χ1n) is 17.2. The predicted octanol–water partition coefficient (Wildman–Crippen LogP) is 7.67. The second-order valence-corrected chi connectivity index (χ2v) is 12.2. The molecule has 0 aliphatic carbocycles. The van der Waals surface area contributed by atoms with E-state index in [1.807, 2.05) is 24.3 Å². The molecule has 0 saturated carbocycles. The van der Waals surface area contributed by atoms with Gasteiger partial charge in [0.2, 0.25) is 11.5 Å². The Hall–Kier alpha value is -6.70. The smallest absolute Gasteiger partial charge is 0.255 e. The maximum absolute atomic E-state index is 12.8. The van der Waals surface area contributed by atoms with Gasteiger partial charge in [0.15, 0.2) is 40.3 Å². The van der Waals surface area contributed by atoms with Crippen LogP contribution in [0.5, 0.6) is 51.7 Å². The van der Waals surface area contributed by atoms with Gasteiger partial charge >= 0.3 is 0 Å². The van der Waals surface area contributed by atoms with Crippen LogP contribution in [0.15, 0.2) is 83.6 Å². The molecule has 0 radical (unpaired) electrons. The molecule has 0 fully saturated rings. The first-order chi connectivity index (χ1) is 26.7. The molecule has 0 spiro atoms. The van der Waals surface area contributed by atoms with Gasteiger partial charge in [0.05, 0.1) is 67.7 Å².